The van der Waals surface area contributed by atoms with Crippen LogP contribution in [0.1, 0.15) is 6.92 Å². The van der Waals surface area contributed by atoms with Gasteiger partial charge in [0.2, 0.25) is 5.91 Å². The van der Waals surface area contributed by atoms with Crippen molar-refractivity contribution in [1.82, 2.24) is 19.7 Å². The Labute approximate surface area is 210 Å². The maximum atomic E-state index is 12.9. The van der Waals surface area contributed by atoms with Crippen LogP contribution in [0.4, 0.5) is 5.69 Å². The molecule has 0 saturated heterocycles. The second-order valence-corrected chi connectivity index (χ2v) is 9.81. The maximum absolute atomic E-state index is 12.9. The Morgan fingerprint density at radius 1 is 1.00 bits per heavy atom. The van der Waals surface area contributed by atoms with Crippen LogP contribution in [0.15, 0.2) is 84.1 Å². The van der Waals surface area contributed by atoms with Gasteiger partial charge in [-0.15, -0.1) is 10.2 Å². The van der Waals surface area contributed by atoms with Gasteiger partial charge >= 0.3 is 0 Å². The highest BCUT2D eigenvalue weighted by atomic mass is 35.5. The van der Waals surface area contributed by atoms with Crippen LogP contribution in [0.2, 0.25) is 10.0 Å². The first-order valence-corrected chi connectivity index (χ1v) is 12.1. The standard InChI is InChI=1S/C25H19Cl2N5OS/c1-15(24(33)29-18-6-4-5-17(27)13-18)34-25-31-30-23(32(25)19-11-9-16(26)10-12-19)21-14-28-22-8-3-2-7-20(21)22/h2-15,28H,1H3,(H,29,33)/t15-/m0/s1. The number of hydrogen-bond donors (Lipinski definition) is 2. The number of aromatic nitrogens is 4. The molecule has 0 bridgehead atoms. The Balaban J connectivity index is 1.51. The summed E-state index contributed by atoms with van der Waals surface area (Å²) in [7, 11) is 0. The number of anilines is 1. The van der Waals surface area contributed by atoms with E-state index in [-0.39, 0.29) is 5.91 Å². The largest absolute Gasteiger partial charge is 0.360 e. The number of halogens is 2. The van der Waals surface area contributed by atoms with E-state index in [1.165, 1.54) is 11.8 Å². The molecule has 9 heteroatoms. The number of rotatable bonds is 6. The number of nitrogens with zero attached hydrogens (tertiary/aromatic N) is 3. The molecule has 2 aromatic heterocycles. The minimum absolute atomic E-state index is 0.161. The second-order valence-electron chi connectivity index (χ2n) is 7.63. The van der Waals surface area contributed by atoms with E-state index in [2.05, 4.69) is 20.5 Å². The third kappa shape index (κ3) is 4.55. The van der Waals surface area contributed by atoms with Crippen molar-refractivity contribution in [3.8, 4) is 17.1 Å². The molecule has 5 rings (SSSR count). The number of hydrogen-bond acceptors (Lipinski definition) is 4. The molecule has 6 nitrogen and oxygen atoms in total. The lowest BCUT2D eigenvalue weighted by Crippen LogP contribution is -2.22. The number of H-pyrrole nitrogens is 1. The first-order chi connectivity index (χ1) is 16.5. The van der Waals surface area contributed by atoms with Gasteiger partial charge in [0, 0.05) is 44.1 Å². The van der Waals surface area contributed by atoms with Crippen LogP contribution in [-0.4, -0.2) is 30.9 Å². The van der Waals surface area contributed by atoms with Gasteiger partial charge in [-0.3, -0.25) is 9.36 Å². The molecule has 0 unspecified atom stereocenters. The molecular weight excluding hydrogens is 489 g/mol. The number of carbonyl (C=O) groups excluding carboxylic acids is 1. The molecule has 1 atom stereocenters. The molecule has 34 heavy (non-hydrogen) atoms. The fraction of sp³-hybridized carbons (Fsp3) is 0.0800. The van der Waals surface area contributed by atoms with E-state index in [1.807, 2.05) is 66.2 Å². The van der Waals surface area contributed by atoms with E-state index < -0.39 is 5.25 Å². The van der Waals surface area contributed by atoms with Crippen molar-refractivity contribution >= 4 is 57.5 Å². The molecule has 0 aliphatic heterocycles. The zero-order chi connectivity index (χ0) is 23.7. The van der Waals surface area contributed by atoms with Crippen molar-refractivity contribution in [2.45, 2.75) is 17.3 Å². The molecule has 0 saturated carbocycles. The predicted octanol–water partition coefficient (Wildman–Crippen LogP) is 6.84. The molecule has 0 spiro atoms. The fourth-order valence-corrected chi connectivity index (χ4v) is 4.81. The normalized spacial score (nSPS) is 12.1. The van der Waals surface area contributed by atoms with Gasteiger partial charge in [0.25, 0.3) is 0 Å². The summed E-state index contributed by atoms with van der Waals surface area (Å²) in [6.07, 6.45) is 1.92. The van der Waals surface area contributed by atoms with Crippen LogP contribution in [0.5, 0.6) is 0 Å². The maximum Gasteiger partial charge on any atom is 0.237 e. The average Bonchev–Trinajstić information content (AvgIpc) is 3.43. The minimum Gasteiger partial charge on any atom is -0.360 e. The van der Waals surface area contributed by atoms with Crippen molar-refractivity contribution in [3.05, 3.63) is 89.0 Å². The highest BCUT2D eigenvalue weighted by Crippen LogP contribution is 2.34. The van der Waals surface area contributed by atoms with E-state index in [4.69, 9.17) is 23.2 Å². The highest BCUT2D eigenvalue weighted by molar-refractivity contribution is 8.00. The zero-order valence-electron chi connectivity index (χ0n) is 18.0. The second kappa shape index (κ2) is 9.54. The molecule has 0 fully saturated rings. The minimum atomic E-state index is -0.440. The van der Waals surface area contributed by atoms with Gasteiger partial charge in [-0.05, 0) is 55.5 Å². The third-order valence-corrected chi connectivity index (χ3v) is 6.82. The first-order valence-electron chi connectivity index (χ1n) is 10.5. The first kappa shape index (κ1) is 22.5. The van der Waals surface area contributed by atoms with E-state index >= 15 is 0 Å². The zero-order valence-corrected chi connectivity index (χ0v) is 20.3. The molecule has 2 N–H and O–H groups in total. The summed E-state index contributed by atoms with van der Waals surface area (Å²) in [6, 6.07) is 22.5. The number of thioether (sulfide) groups is 1. The van der Waals surface area contributed by atoms with Crippen LogP contribution >= 0.6 is 35.0 Å². The van der Waals surface area contributed by atoms with Gasteiger partial charge in [0.15, 0.2) is 11.0 Å². The number of para-hydroxylation sites is 1. The van der Waals surface area contributed by atoms with E-state index in [1.54, 1.807) is 24.3 Å². The molecule has 1 amide bonds. The van der Waals surface area contributed by atoms with E-state index in [9.17, 15) is 4.79 Å². The van der Waals surface area contributed by atoms with Crippen LogP contribution in [-0.2, 0) is 4.79 Å². The van der Waals surface area contributed by atoms with Crippen LogP contribution in [0.3, 0.4) is 0 Å². The van der Waals surface area contributed by atoms with Gasteiger partial charge in [0.05, 0.1) is 5.25 Å². The summed E-state index contributed by atoms with van der Waals surface area (Å²) < 4.78 is 1.94. The lowest BCUT2D eigenvalue weighted by molar-refractivity contribution is -0.115. The highest BCUT2D eigenvalue weighted by Gasteiger charge is 2.23. The number of aromatic amines is 1. The Morgan fingerprint density at radius 2 is 1.79 bits per heavy atom. The van der Waals surface area contributed by atoms with Gasteiger partial charge in [0.1, 0.15) is 0 Å². The quantitative estimate of drug-likeness (QED) is 0.246. The summed E-state index contributed by atoms with van der Waals surface area (Å²) in [4.78, 5) is 16.2. The lowest BCUT2D eigenvalue weighted by Gasteiger charge is -2.14. The van der Waals surface area contributed by atoms with Gasteiger partial charge < -0.3 is 10.3 Å². The summed E-state index contributed by atoms with van der Waals surface area (Å²) in [5.41, 5.74) is 3.41. The van der Waals surface area contributed by atoms with Crippen molar-refractivity contribution in [2.24, 2.45) is 0 Å². The molecule has 170 valence electrons. The van der Waals surface area contributed by atoms with Crippen molar-refractivity contribution < 1.29 is 4.79 Å². The summed E-state index contributed by atoms with van der Waals surface area (Å²) in [6.45, 7) is 1.83. The molecule has 0 aliphatic rings. The monoisotopic (exact) mass is 507 g/mol. The van der Waals surface area contributed by atoms with Crippen LogP contribution in [0.25, 0.3) is 28.0 Å². The molecular formula is C25H19Cl2N5OS. The van der Waals surface area contributed by atoms with Crippen molar-refractivity contribution in [2.75, 3.05) is 5.32 Å². The molecule has 0 aliphatic carbocycles. The molecule has 3 aromatic carbocycles. The smallest absolute Gasteiger partial charge is 0.237 e. The number of benzene rings is 3. The van der Waals surface area contributed by atoms with E-state index in [0.29, 0.717) is 26.7 Å². The lowest BCUT2D eigenvalue weighted by atomic mass is 10.1. The number of carbonyl (C=O) groups is 1. The Morgan fingerprint density at radius 3 is 2.59 bits per heavy atom. The topological polar surface area (TPSA) is 75.6 Å². The number of fused-ring (bicyclic) bond motifs is 1. The molecule has 5 aromatic rings. The summed E-state index contributed by atoms with van der Waals surface area (Å²) in [5, 5.41) is 14.2. The van der Waals surface area contributed by atoms with Gasteiger partial charge in [-0.1, -0.05) is 59.2 Å². The average molecular weight is 508 g/mol. The fourth-order valence-electron chi connectivity index (χ4n) is 3.62. The van der Waals surface area contributed by atoms with Crippen molar-refractivity contribution in [3.63, 3.8) is 0 Å². The number of nitrogens with one attached hydrogen (secondary N) is 2. The Kier molecular flexibility index (Phi) is 6.32. The van der Waals surface area contributed by atoms with E-state index in [0.717, 1.165) is 22.2 Å². The van der Waals surface area contributed by atoms with Crippen LogP contribution in [0, 0.1) is 0 Å². The molecule has 0 radical (unpaired) electrons. The van der Waals surface area contributed by atoms with Gasteiger partial charge in [-0.2, -0.15) is 0 Å². The van der Waals surface area contributed by atoms with Gasteiger partial charge in [-0.25, -0.2) is 0 Å². The third-order valence-electron chi connectivity index (χ3n) is 5.29. The number of amides is 1. The van der Waals surface area contributed by atoms with Crippen LogP contribution < -0.4 is 5.32 Å². The molecule has 2 heterocycles. The SMILES string of the molecule is C[C@H](Sc1nnc(-c2c[nH]c3ccccc23)n1-c1ccc(Cl)cc1)C(=O)Nc1cccc(Cl)c1. The summed E-state index contributed by atoms with van der Waals surface area (Å²) >= 11 is 13.5. The summed E-state index contributed by atoms with van der Waals surface area (Å²) in [5.74, 6) is 0.510. The Hall–Kier alpha value is -3.26. The Bertz CT molecular complexity index is 1480. The van der Waals surface area contributed by atoms with Crippen molar-refractivity contribution in [1.29, 1.82) is 0 Å². The predicted molar refractivity (Wildman–Crippen MR) is 139 cm³/mol.